The quantitative estimate of drug-likeness (QED) is 0.744. The molecule has 1 aromatic carbocycles. The van der Waals surface area contributed by atoms with Crippen LogP contribution >= 0.6 is 0 Å². The molecule has 25 heavy (non-hydrogen) atoms. The second-order valence-corrected chi connectivity index (χ2v) is 6.73. The minimum atomic E-state index is -0.538. The zero-order chi connectivity index (χ0) is 17.9. The summed E-state index contributed by atoms with van der Waals surface area (Å²) in [7, 11) is 0. The van der Waals surface area contributed by atoms with Crippen molar-refractivity contribution in [3.8, 4) is 0 Å². The van der Waals surface area contributed by atoms with Gasteiger partial charge in [0.2, 0.25) is 0 Å². The number of fused-ring (bicyclic) bond motifs is 1. The topological polar surface area (TPSA) is 67.7 Å². The molecule has 0 saturated heterocycles. The number of rotatable bonds is 4. The van der Waals surface area contributed by atoms with Gasteiger partial charge in [0, 0.05) is 18.3 Å². The van der Waals surface area contributed by atoms with Crippen molar-refractivity contribution >= 4 is 23.0 Å². The van der Waals surface area contributed by atoms with Crippen LogP contribution in [0.4, 0.5) is 16.2 Å². The molecule has 130 valence electrons. The van der Waals surface area contributed by atoms with Gasteiger partial charge in [0.15, 0.2) is 0 Å². The first kappa shape index (κ1) is 16.8. The van der Waals surface area contributed by atoms with Crippen LogP contribution < -0.4 is 10.6 Å². The smallest absolute Gasteiger partial charge is 0.412 e. The van der Waals surface area contributed by atoms with Crippen LogP contribution in [0.15, 0.2) is 54.9 Å². The minimum Gasteiger partial charge on any atom is -0.444 e. The highest BCUT2D eigenvalue weighted by atomic mass is 16.6. The predicted molar refractivity (Wildman–Crippen MR) is 98.8 cm³/mol. The molecule has 2 N–H and O–H groups in total. The number of carbonyl (C=O) groups is 1. The van der Waals surface area contributed by atoms with E-state index in [4.69, 9.17) is 4.74 Å². The number of benzene rings is 1. The fourth-order valence-electron chi connectivity index (χ4n) is 2.47. The number of amides is 1. The van der Waals surface area contributed by atoms with E-state index < -0.39 is 11.7 Å². The number of hydrogen-bond acceptors (Lipinski definition) is 4. The van der Waals surface area contributed by atoms with Crippen LogP contribution in [0.2, 0.25) is 0 Å². The number of nitrogens with one attached hydrogen (secondary N) is 2. The summed E-state index contributed by atoms with van der Waals surface area (Å²) in [4.78, 5) is 12.0. The number of para-hydroxylation sites is 2. The summed E-state index contributed by atoms with van der Waals surface area (Å²) in [5, 5.41) is 10.5. The van der Waals surface area contributed by atoms with E-state index in [9.17, 15) is 4.79 Å². The second kappa shape index (κ2) is 6.84. The molecule has 0 aliphatic carbocycles. The van der Waals surface area contributed by atoms with Gasteiger partial charge in [0.25, 0.3) is 0 Å². The molecule has 0 spiro atoms. The van der Waals surface area contributed by atoms with E-state index in [0.717, 1.165) is 16.8 Å². The van der Waals surface area contributed by atoms with Crippen molar-refractivity contribution < 1.29 is 9.53 Å². The fourth-order valence-corrected chi connectivity index (χ4v) is 2.47. The number of hydrogen-bond donors (Lipinski definition) is 2. The highest BCUT2D eigenvalue weighted by Crippen LogP contribution is 2.23. The van der Waals surface area contributed by atoms with Crippen LogP contribution in [-0.4, -0.2) is 21.3 Å². The van der Waals surface area contributed by atoms with Gasteiger partial charge in [-0.25, -0.2) is 9.31 Å². The summed E-state index contributed by atoms with van der Waals surface area (Å²) in [6, 6.07) is 13.5. The molecule has 0 saturated carbocycles. The number of carbonyl (C=O) groups excluding carboxylic acids is 1. The van der Waals surface area contributed by atoms with Crippen LogP contribution in [0, 0.1) is 0 Å². The molecule has 0 atom stereocenters. The Morgan fingerprint density at radius 1 is 1.12 bits per heavy atom. The first-order valence-electron chi connectivity index (χ1n) is 8.16. The molecule has 6 heteroatoms. The first-order valence-corrected chi connectivity index (χ1v) is 8.16. The summed E-state index contributed by atoms with van der Waals surface area (Å²) >= 11 is 0. The number of pyridine rings is 1. The van der Waals surface area contributed by atoms with E-state index in [1.165, 1.54) is 0 Å². The van der Waals surface area contributed by atoms with Crippen LogP contribution in [0.1, 0.15) is 26.3 Å². The Morgan fingerprint density at radius 2 is 1.84 bits per heavy atom. The zero-order valence-electron chi connectivity index (χ0n) is 14.6. The number of nitrogens with zero attached hydrogens (tertiary/aromatic N) is 2. The summed E-state index contributed by atoms with van der Waals surface area (Å²) in [6.07, 6.45) is 3.28. The van der Waals surface area contributed by atoms with Crippen molar-refractivity contribution in [3.63, 3.8) is 0 Å². The summed E-state index contributed by atoms with van der Waals surface area (Å²) in [6.45, 7) is 6.10. The standard InChI is InChI=1S/C19H22N4O2/c1-19(2,3)25-18(24)22-16-9-5-4-8-15(16)20-12-14-13-21-23-11-7-6-10-17(14)23/h4-11,13,20H,12H2,1-3H3,(H,22,24). The van der Waals surface area contributed by atoms with E-state index in [1.807, 2.05) is 80.1 Å². The van der Waals surface area contributed by atoms with Gasteiger partial charge in [-0.1, -0.05) is 18.2 Å². The molecule has 0 bridgehead atoms. The highest BCUT2D eigenvalue weighted by molar-refractivity contribution is 5.89. The van der Waals surface area contributed by atoms with Crippen molar-refractivity contribution in [2.75, 3.05) is 10.6 Å². The van der Waals surface area contributed by atoms with E-state index in [-0.39, 0.29) is 0 Å². The van der Waals surface area contributed by atoms with Crippen molar-refractivity contribution in [2.24, 2.45) is 0 Å². The van der Waals surface area contributed by atoms with Crippen LogP contribution in [-0.2, 0) is 11.3 Å². The molecule has 3 rings (SSSR count). The normalized spacial score (nSPS) is 11.3. The van der Waals surface area contributed by atoms with E-state index in [0.29, 0.717) is 12.2 Å². The monoisotopic (exact) mass is 338 g/mol. The average molecular weight is 338 g/mol. The minimum absolute atomic E-state index is 0.474. The first-order chi connectivity index (χ1) is 11.9. The maximum Gasteiger partial charge on any atom is 0.412 e. The lowest BCUT2D eigenvalue weighted by molar-refractivity contribution is 0.0636. The van der Waals surface area contributed by atoms with Crippen molar-refractivity contribution in [2.45, 2.75) is 32.9 Å². The molecule has 6 nitrogen and oxygen atoms in total. The van der Waals surface area contributed by atoms with Crippen LogP contribution in [0.5, 0.6) is 0 Å². The lowest BCUT2D eigenvalue weighted by atomic mass is 10.2. The van der Waals surface area contributed by atoms with Crippen molar-refractivity contribution in [1.82, 2.24) is 9.61 Å². The summed E-state index contributed by atoms with van der Waals surface area (Å²) < 4.78 is 7.15. The third-order valence-electron chi connectivity index (χ3n) is 3.54. The Balaban J connectivity index is 1.72. The Bertz CT molecular complexity index is 880. The van der Waals surface area contributed by atoms with Crippen molar-refractivity contribution in [1.29, 1.82) is 0 Å². The molecule has 0 aliphatic heterocycles. The molecule has 0 unspecified atom stereocenters. The molecule has 2 aromatic heterocycles. The lowest BCUT2D eigenvalue weighted by Crippen LogP contribution is -2.27. The predicted octanol–water partition coefficient (Wildman–Crippen LogP) is 4.29. The van der Waals surface area contributed by atoms with Gasteiger partial charge in [-0.2, -0.15) is 5.10 Å². The van der Waals surface area contributed by atoms with Crippen LogP contribution in [0.25, 0.3) is 5.52 Å². The number of anilines is 2. The van der Waals surface area contributed by atoms with Gasteiger partial charge in [-0.3, -0.25) is 5.32 Å². The largest absolute Gasteiger partial charge is 0.444 e. The summed E-state index contributed by atoms with van der Waals surface area (Å²) in [5.74, 6) is 0. The number of ether oxygens (including phenoxy) is 1. The van der Waals surface area contributed by atoms with Gasteiger partial charge in [-0.05, 0) is 45.0 Å². The lowest BCUT2D eigenvalue weighted by Gasteiger charge is -2.20. The van der Waals surface area contributed by atoms with Gasteiger partial charge in [0.05, 0.1) is 23.1 Å². The van der Waals surface area contributed by atoms with E-state index in [1.54, 1.807) is 0 Å². The van der Waals surface area contributed by atoms with Crippen molar-refractivity contribution in [3.05, 3.63) is 60.4 Å². The number of aromatic nitrogens is 2. The molecular weight excluding hydrogens is 316 g/mol. The molecular formula is C19H22N4O2. The van der Waals surface area contributed by atoms with Gasteiger partial charge in [0.1, 0.15) is 5.60 Å². The molecule has 0 radical (unpaired) electrons. The Morgan fingerprint density at radius 3 is 2.60 bits per heavy atom. The third kappa shape index (κ3) is 4.29. The Hall–Kier alpha value is -3.02. The van der Waals surface area contributed by atoms with Gasteiger partial charge in [-0.15, -0.1) is 0 Å². The molecule has 2 heterocycles. The van der Waals surface area contributed by atoms with Gasteiger partial charge >= 0.3 is 6.09 Å². The highest BCUT2D eigenvalue weighted by Gasteiger charge is 2.17. The maximum absolute atomic E-state index is 12.0. The molecule has 1 amide bonds. The molecule has 3 aromatic rings. The van der Waals surface area contributed by atoms with Gasteiger partial charge < -0.3 is 10.1 Å². The third-order valence-corrected chi connectivity index (χ3v) is 3.54. The van der Waals surface area contributed by atoms with E-state index in [2.05, 4.69) is 15.7 Å². The Kier molecular flexibility index (Phi) is 4.61. The SMILES string of the molecule is CC(C)(C)OC(=O)Nc1ccccc1NCc1cnn2ccccc12. The second-order valence-electron chi connectivity index (χ2n) is 6.73. The molecule has 0 aliphatic rings. The zero-order valence-corrected chi connectivity index (χ0v) is 14.6. The van der Waals surface area contributed by atoms with Crippen LogP contribution in [0.3, 0.4) is 0 Å². The summed E-state index contributed by atoms with van der Waals surface area (Å²) in [5.41, 5.74) is 3.08. The Labute approximate surface area is 146 Å². The molecule has 0 fully saturated rings. The average Bonchev–Trinajstić information content (AvgIpc) is 2.95. The fraction of sp³-hybridized carbons (Fsp3) is 0.263. The van der Waals surface area contributed by atoms with E-state index >= 15 is 0 Å². The maximum atomic E-state index is 12.0.